The first kappa shape index (κ1) is 18.0. The highest BCUT2D eigenvalue weighted by Crippen LogP contribution is 2.40. The lowest BCUT2D eigenvalue weighted by molar-refractivity contribution is -0.122. The molecule has 1 saturated carbocycles. The zero-order valence-electron chi connectivity index (χ0n) is 15.7. The van der Waals surface area contributed by atoms with E-state index in [4.69, 9.17) is 0 Å². The number of nitrogens with zero attached hydrogens (tertiary/aromatic N) is 1. The summed E-state index contributed by atoms with van der Waals surface area (Å²) in [5.41, 5.74) is 4.76. The van der Waals surface area contributed by atoms with Crippen LogP contribution in [0, 0.1) is 25.7 Å². The Kier molecular flexibility index (Phi) is 4.98. The number of anilines is 3. The van der Waals surface area contributed by atoms with Crippen LogP contribution in [0.2, 0.25) is 0 Å². The summed E-state index contributed by atoms with van der Waals surface area (Å²) in [6.45, 7) is 3.95. The second kappa shape index (κ2) is 7.20. The second-order valence-electron chi connectivity index (χ2n) is 7.19. The minimum Gasteiger partial charge on any atom is -0.378 e. The summed E-state index contributed by atoms with van der Waals surface area (Å²) in [7, 11) is 3.94. The number of carbonyl (C=O) groups excluding carboxylic acids is 2. The van der Waals surface area contributed by atoms with Crippen molar-refractivity contribution in [3.05, 3.63) is 53.6 Å². The molecule has 3 rings (SSSR count). The van der Waals surface area contributed by atoms with Gasteiger partial charge in [-0.05, 0) is 61.7 Å². The van der Waals surface area contributed by atoms with Gasteiger partial charge in [0.2, 0.25) is 11.8 Å². The molecule has 1 aliphatic carbocycles. The number of rotatable bonds is 5. The van der Waals surface area contributed by atoms with E-state index in [-0.39, 0.29) is 23.7 Å². The molecule has 2 unspecified atom stereocenters. The van der Waals surface area contributed by atoms with Gasteiger partial charge in [0.15, 0.2) is 0 Å². The van der Waals surface area contributed by atoms with Crippen molar-refractivity contribution in [2.75, 3.05) is 29.6 Å². The summed E-state index contributed by atoms with van der Waals surface area (Å²) >= 11 is 0. The molecule has 2 amide bonds. The van der Waals surface area contributed by atoms with Gasteiger partial charge in [0.25, 0.3) is 0 Å². The average Bonchev–Trinajstić information content (AvgIpc) is 3.39. The van der Waals surface area contributed by atoms with Gasteiger partial charge in [-0.1, -0.05) is 12.1 Å². The Morgan fingerprint density at radius 3 is 2.15 bits per heavy atom. The maximum atomic E-state index is 12.4. The maximum Gasteiger partial charge on any atom is 0.228 e. The van der Waals surface area contributed by atoms with Crippen LogP contribution in [0.5, 0.6) is 0 Å². The van der Waals surface area contributed by atoms with Crippen LogP contribution in [0.4, 0.5) is 17.1 Å². The molecule has 0 bridgehead atoms. The average molecular weight is 351 g/mol. The van der Waals surface area contributed by atoms with E-state index >= 15 is 0 Å². The standard InChI is InChI=1S/C21H25N3O2/c1-13-5-6-14(2)19(11-13)23-21(26)18-12-17(18)20(25)22-15-7-9-16(10-8-15)24(3)4/h5-11,17-18H,12H2,1-4H3,(H,22,25)(H,23,26). The first-order valence-electron chi connectivity index (χ1n) is 8.81. The van der Waals surface area contributed by atoms with Gasteiger partial charge in [-0.15, -0.1) is 0 Å². The Labute approximate surface area is 154 Å². The van der Waals surface area contributed by atoms with E-state index in [1.54, 1.807) is 0 Å². The number of carbonyl (C=O) groups is 2. The first-order chi connectivity index (χ1) is 12.3. The third kappa shape index (κ3) is 4.04. The molecule has 2 atom stereocenters. The highest BCUT2D eigenvalue weighted by molar-refractivity contribution is 6.03. The van der Waals surface area contributed by atoms with Crippen molar-refractivity contribution in [1.29, 1.82) is 0 Å². The molecule has 0 radical (unpaired) electrons. The van der Waals surface area contributed by atoms with Gasteiger partial charge in [-0.25, -0.2) is 0 Å². The van der Waals surface area contributed by atoms with E-state index in [2.05, 4.69) is 10.6 Å². The molecule has 26 heavy (non-hydrogen) atoms. The van der Waals surface area contributed by atoms with E-state index < -0.39 is 0 Å². The summed E-state index contributed by atoms with van der Waals surface area (Å²) in [5.74, 6) is -0.685. The topological polar surface area (TPSA) is 61.4 Å². The molecule has 136 valence electrons. The predicted octanol–water partition coefficient (Wildman–Crippen LogP) is 3.58. The van der Waals surface area contributed by atoms with Crippen LogP contribution >= 0.6 is 0 Å². The molecule has 2 N–H and O–H groups in total. The molecule has 0 spiro atoms. The van der Waals surface area contributed by atoms with Crippen molar-refractivity contribution in [1.82, 2.24) is 0 Å². The lowest BCUT2D eigenvalue weighted by Crippen LogP contribution is -2.21. The summed E-state index contributed by atoms with van der Waals surface area (Å²) in [5, 5.41) is 5.86. The number of benzene rings is 2. The van der Waals surface area contributed by atoms with Crippen LogP contribution in [0.1, 0.15) is 17.5 Å². The van der Waals surface area contributed by atoms with Gasteiger partial charge in [0, 0.05) is 31.2 Å². The zero-order chi connectivity index (χ0) is 18.8. The van der Waals surface area contributed by atoms with E-state index in [1.165, 1.54) is 0 Å². The van der Waals surface area contributed by atoms with Crippen molar-refractivity contribution in [2.24, 2.45) is 11.8 Å². The van der Waals surface area contributed by atoms with Gasteiger partial charge in [0.05, 0.1) is 11.8 Å². The van der Waals surface area contributed by atoms with Crippen LogP contribution in [-0.2, 0) is 9.59 Å². The monoisotopic (exact) mass is 351 g/mol. The SMILES string of the molecule is Cc1ccc(C)c(NC(=O)C2CC2C(=O)Nc2ccc(N(C)C)cc2)c1. The largest absolute Gasteiger partial charge is 0.378 e. The molecule has 0 aliphatic heterocycles. The maximum absolute atomic E-state index is 12.4. The van der Waals surface area contributed by atoms with E-state index in [9.17, 15) is 9.59 Å². The number of nitrogens with one attached hydrogen (secondary N) is 2. The summed E-state index contributed by atoms with van der Waals surface area (Å²) in [6.07, 6.45) is 0.596. The molecule has 5 nitrogen and oxygen atoms in total. The fourth-order valence-corrected chi connectivity index (χ4v) is 2.95. The number of aryl methyl sites for hydroxylation is 2. The Balaban J connectivity index is 1.56. The molecule has 0 aromatic heterocycles. The van der Waals surface area contributed by atoms with Gasteiger partial charge in [-0.2, -0.15) is 0 Å². The van der Waals surface area contributed by atoms with Crippen molar-refractivity contribution >= 4 is 28.9 Å². The van der Waals surface area contributed by atoms with Crippen molar-refractivity contribution < 1.29 is 9.59 Å². The summed E-state index contributed by atoms with van der Waals surface area (Å²) in [4.78, 5) is 26.8. The molecule has 2 aromatic carbocycles. The minimum atomic E-state index is -0.256. The molecule has 0 heterocycles. The Morgan fingerprint density at radius 2 is 1.54 bits per heavy atom. The normalized spacial score (nSPS) is 18.2. The summed E-state index contributed by atoms with van der Waals surface area (Å²) < 4.78 is 0. The van der Waals surface area contributed by atoms with Crippen molar-refractivity contribution in [3.8, 4) is 0 Å². The highest BCUT2D eigenvalue weighted by Gasteiger charge is 2.48. The lowest BCUT2D eigenvalue weighted by atomic mass is 10.1. The van der Waals surface area contributed by atoms with Crippen LogP contribution in [0.3, 0.4) is 0 Å². The van der Waals surface area contributed by atoms with Crippen LogP contribution in [0.15, 0.2) is 42.5 Å². The van der Waals surface area contributed by atoms with Crippen molar-refractivity contribution in [3.63, 3.8) is 0 Å². The lowest BCUT2D eigenvalue weighted by Gasteiger charge is -2.13. The quantitative estimate of drug-likeness (QED) is 0.865. The zero-order valence-corrected chi connectivity index (χ0v) is 15.7. The minimum absolute atomic E-state index is 0.0817. The number of amides is 2. The fraction of sp³-hybridized carbons (Fsp3) is 0.333. The highest BCUT2D eigenvalue weighted by atomic mass is 16.2. The van der Waals surface area contributed by atoms with Gasteiger partial charge < -0.3 is 15.5 Å². The molecule has 2 aromatic rings. The van der Waals surface area contributed by atoms with Crippen LogP contribution in [0.25, 0.3) is 0 Å². The Bertz CT molecular complexity index is 828. The molecule has 1 aliphatic rings. The molecular weight excluding hydrogens is 326 g/mol. The van der Waals surface area contributed by atoms with Gasteiger partial charge in [-0.3, -0.25) is 9.59 Å². The van der Waals surface area contributed by atoms with Gasteiger partial charge >= 0.3 is 0 Å². The third-order valence-corrected chi connectivity index (χ3v) is 4.77. The first-order valence-corrected chi connectivity index (χ1v) is 8.81. The van der Waals surface area contributed by atoms with Gasteiger partial charge in [0.1, 0.15) is 0 Å². The Morgan fingerprint density at radius 1 is 0.923 bits per heavy atom. The fourth-order valence-electron chi connectivity index (χ4n) is 2.95. The van der Waals surface area contributed by atoms with Crippen molar-refractivity contribution in [2.45, 2.75) is 20.3 Å². The number of hydrogen-bond donors (Lipinski definition) is 2. The number of hydrogen-bond acceptors (Lipinski definition) is 3. The smallest absolute Gasteiger partial charge is 0.228 e. The predicted molar refractivity (Wildman–Crippen MR) is 106 cm³/mol. The molecule has 5 heteroatoms. The molecular formula is C21H25N3O2. The Hall–Kier alpha value is -2.82. The van der Waals surface area contributed by atoms with Crippen LogP contribution in [-0.4, -0.2) is 25.9 Å². The third-order valence-electron chi connectivity index (χ3n) is 4.77. The van der Waals surface area contributed by atoms with Crippen LogP contribution < -0.4 is 15.5 Å². The summed E-state index contributed by atoms with van der Waals surface area (Å²) in [6, 6.07) is 13.6. The van der Waals surface area contributed by atoms with E-state index in [1.807, 2.05) is 75.3 Å². The molecule has 0 saturated heterocycles. The van der Waals surface area contributed by atoms with E-state index in [0.29, 0.717) is 6.42 Å². The second-order valence-corrected chi connectivity index (χ2v) is 7.19. The van der Waals surface area contributed by atoms with E-state index in [0.717, 1.165) is 28.2 Å². The molecule has 1 fully saturated rings.